The molecule has 0 aromatic rings. The third kappa shape index (κ3) is 54.5. The molecular formula is C62H115O11P. The Labute approximate surface area is 454 Å². The maximum atomic E-state index is 12.9. The molecule has 0 aliphatic carbocycles. The summed E-state index contributed by atoms with van der Waals surface area (Å²) < 4.78 is 39.6. The van der Waals surface area contributed by atoms with Crippen LogP contribution in [0.5, 0.6) is 0 Å². The number of phosphoric acid groups is 1. The van der Waals surface area contributed by atoms with Gasteiger partial charge in [-0.3, -0.25) is 23.4 Å². The number of unbranched alkanes of at least 4 members (excludes halogenated alkanes) is 35. The predicted molar refractivity (Wildman–Crippen MR) is 307 cm³/mol. The molecule has 0 fully saturated rings. The Morgan fingerprint density at radius 2 is 0.703 bits per heavy atom. The minimum Gasteiger partial charge on any atom is -0.462 e. The van der Waals surface area contributed by atoms with Crippen LogP contribution in [0.25, 0.3) is 0 Å². The van der Waals surface area contributed by atoms with Crippen LogP contribution >= 0.6 is 7.82 Å². The van der Waals surface area contributed by atoms with Gasteiger partial charge in [0.05, 0.1) is 19.8 Å². The summed E-state index contributed by atoms with van der Waals surface area (Å²) in [5.41, 5.74) is 0. The Morgan fingerprint density at radius 1 is 0.392 bits per heavy atom. The van der Waals surface area contributed by atoms with Crippen molar-refractivity contribution >= 4 is 25.7 Å². The first-order valence-corrected chi connectivity index (χ1v) is 32.4. The monoisotopic (exact) mass is 1070 g/mol. The van der Waals surface area contributed by atoms with Crippen molar-refractivity contribution in [2.45, 2.75) is 315 Å². The average molecular weight is 1070 g/mol. The van der Waals surface area contributed by atoms with E-state index >= 15 is 0 Å². The molecule has 3 atom stereocenters. The van der Waals surface area contributed by atoms with Crippen molar-refractivity contribution in [3.05, 3.63) is 36.5 Å². The van der Waals surface area contributed by atoms with Crippen molar-refractivity contribution in [3.8, 4) is 0 Å². The molecule has 74 heavy (non-hydrogen) atoms. The summed E-state index contributed by atoms with van der Waals surface area (Å²) in [5.74, 6) is -1.46. The van der Waals surface area contributed by atoms with E-state index < -0.39 is 57.8 Å². The predicted octanol–water partition coefficient (Wildman–Crippen LogP) is 18.4. The van der Waals surface area contributed by atoms with Crippen LogP contribution in [0.3, 0.4) is 0 Å². The van der Waals surface area contributed by atoms with Gasteiger partial charge in [0.25, 0.3) is 0 Å². The Kier molecular flexibility index (Phi) is 55.1. The maximum Gasteiger partial charge on any atom is 0.472 e. The topological polar surface area (TPSA) is 155 Å². The maximum absolute atomic E-state index is 12.9. The van der Waals surface area contributed by atoms with Gasteiger partial charge in [0.15, 0.2) is 6.10 Å². The second-order valence-corrected chi connectivity index (χ2v) is 22.3. The molecule has 0 saturated carbocycles. The molecule has 0 bridgehead atoms. The molecule has 0 aromatic carbocycles. The number of esters is 3. The number of allylic oxidation sites excluding steroid dienone is 6. The molecule has 0 saturated heterocycles. The van der Waals surface area contributed by atoms with E-state index in [4.69, 9.17) is 23.3 Å². The molecule has 11 nitrogen and oxygen atoms in total. The molecule has 0 spiro atoms. The number of aliphatic hydroxyl groups is 1. The third-order valence-electron chi connectivity index (χ3n) is 13.6. The Bertz CT molecular complexity index is 1380. The van der Waals surface area contributed by atoms with E-state index in [2.05, 4.69) is 57.2 Å². The van der Waals surface area contributed by atoms with E-state index in [-0.39, 0.29) is 25.9 Å². The van der Waals surface area contributed by atoms with Crippen molar-refractivity contribution in [1.29, 1.82) is 0 Å². The fraction of sp³-hybridized carbons (Fsp3) is 0.855. The van der Waals surface area contributed by atoms with E-state index in [1.54, 1.807) is 0 Å². The third-order valence-corrected chi connectivity index (χ3v) is 14.5. The first-order valence-electron chi connectivity index (χ1n) is 30.9. The standard InChI is InChI=1S/C62H115O11P/c1-4-7-10-13-16-19-22-25-27-28-29-30-32-35-38-41-44-47-50-53-62(66)73-59(55-69-60(64)51-48-45-42-39-36-34-31-26-23-20-17-14-11-8-5-2)57-71-74(67,68)70-56-58(54-63)72-61(65)52-49-46-43-40-37-33-24-21-18-15-12-9-6-3/h8,11,17,20,26,31,58-59,63H,4-7,9-10,12-16,18-19,21-25,27-30,32-57H2,1-3H3,(H,67,68)/b11-8-,20-17-,31-26-. The number of phosphoric ester groups is 1. The molecule has 3 unspecified atom stereocenters. The zero-order valence-corrected chi connectivity index (χ0v) is 49.0. The van der Waals surface area contributed by atoms with Gasteiger partial charge >= 0.3 is 25.7 Å². The van der Waals surface area contributed by atoms with Crippen molar-refractivity contribution in [3.63, 3.8) is 0 Å². The largest absolute Gasteiger partial charge is 0.472 e. The molecule has 0 rings (SSSR count). The Balaban J connectivity index is 4.68. The second kappa shape index (κ2) is 56.9. The van der Waals surface area contributed by atoms with Gasteiger partial charge in [-0.15, -0.1) is 0 Å². The van der Waals surface area contributed by atoms with Crippen LogP contribution in [0, 0.1) is 0 Å². The van der Waals surface area contributed by atoms with Gasteiger partial charge in [0, 0.05) is 19.3 Å². The summed E-state index contributed by atoms with van der Waals surface area (Å²) >= 11 is 0. The van der Waals surface area contributed by atoms with Gasteiger partial charge in [-0.25, -0.2) is 4.57 Å². The van der Waals surface area contributed by atoms with Crippen LogP contribution in [-0.2, 0) is 42.2 Å². The minimum absolute atomic E-state index is 0.170. The molecule has 434 valence electrons. The lowest BCUT2D eigenvalue weighted by Crippen LogP contribution is -2.30. The highest BCUT2D eigenvalue weighted by Crippen LogP contribution is 2.43. The molecule has 0 aromatic heterocycles. The van der Waals surface area contributed by atoms with Crippen LogP contribution in [0.1, 0.15) is 303 Å². The van der Waals surface area contributed by atoms with Gasteiger partial charge in [-0.05, 0) is 51.4 Å². The highest BCUT2D eigenvalue weighted by molar-refractivity contribution is 7.47. The van der Waals surface area contributed by atoms with E-state index in [0.29, 0.717) is 19.3 Å². The number of carbonyl (C=O) groups excluding carboxylic acids is 3. The van der Waals surface area contributed by atoms with E-state index in [9.17, 15) is 28.9 Å². The minimum atomic E-state index is -4.75. The fourth-order valence-corrected chi connectivity index (χ4v) is 9.69. The number of aliphatic hydroxyl groups excluding tert-OH is 1. The van der Waals surface area contributed by atoms with Gasteiger partial charge < -0.3 is 24.2 Å². The van der Waals surface area contributed by atoms with Crippen LogP contribution in [-0.4, -0.2) is 66.5 Å². The van der Waals surface area contributed by atoms with Crippen LogP contribution in [0.2, 0.25) is 0 Å². The molecule has 0 amide bonds. The molecule has 0 radical (unpaired) electrons. The Morgan fingerprint density at radius 3 is 1.08 bits per heavy atom. The zero-order chi connectivity index (χ0) is 54.1. The second-order valence-electron chi connectivity index (χ2n) is 20.9. The van der Waals surface area contributed by atoms with Crippen LogP contribution < -0.4 is 0 Å². The van der Waals surface area contributed by atoms with Gasteiger partial charge in [-0.1, -0.05) is 269 Å². The quantitative estimate of drug-likeness (QED) is 0.0197. The Hall–Kier alpha value is -2.30. The lowest BCUT2D eigenvalue weighted by atomic mass is 10.0. The summed E-state index contributed by atoms with van der Waals surface area (Å²) in [7, 11) is -4.75. The first kappa shape index (κ1) is 71.7. The summed E-state index contributed by atoms with van der Waals surface area (Å²) in [6.07, 6.45) is 59.6. The summed E-state index contributed by atoms with van der Waals surface area (Å²) in [6, 6.07) is 0. The molecule has 0 aliphatic heterocycles. The van der Waals surface area contributed by atoms with E-state index in [1.807, 2.05) is 0 Å². The van der Waals surface area contributed by atoms with Crippen molar-refractivity contribution in [2.75, 3.05) is 26.4 Å². The van der Waals surface area contributed by atoms with Gasteiger partial charge in [0.2, 0.25) is 0 Å². The number of hydrogen-bond donors (Lipinski definition) is 2. The molecule has 2 N–H and O–H groups in total. The lowest BCUT2D eigenvalue weighted by molar-refractivity contribution is -0.161. The van der Waals surface area contributed by atoms with Crippen molar-refractivity contribution < 1.29 is 52.2 Å². The number of ether oxygens (including phenoxy) is 3. The van der Waals surface area contributed by atoms with Gasteiger partial charge in [-0.2, -0.15) is 0 Å². The van der Waals surface area contributed by atoms with Crippen molar-refractivity contribution in [1.82, 2.24) is 0 Å². The normalized spacial score (nSPS) is 13.5. The summed E-state index contributed by atoms with van der Waals surface area (Å²) in [4.78, 5) is 48.6. The molecule has 0 aliphatic rings. The molecular weight excluding hydrogens is 952 g/mol. The zero-order valence-electron chi connectivity index (χ0n) is 48.1. The fourth-order valence-electron chi connectivity index (χ4n) is 8.90. The van der Waals surface area contributed by atoms with Crippen molar-refractivity contribution in [2.24, 2.45) is 0 Å². The lowest BCUT2D eigenvalue weighted by Gasteiger charge is -2.21. The number of rotatable bonds is 58. The summed E-state index contributed by atoms with van der Waals surface area (Å²) in [6.45, 7) is 4.57. The van der Waals surface area contributed by atoms with Crippen LogP contribution in [0.4, 0.5) is 0 Å². The van der Waals surface area contributed by atoms with Crippen LogP contribution in [0.15, 0.2) is 36.5 Å². The SMILES string of the molecule is CC/C=C\C/C=C\C/C=C\CCCCCCCC(=O)OCC(COP(=O)(O)OCC(CO)OC(=O)CCCCCCCCCCCCCCC)OC(=O)CCCCCCCCCCCCCCCCCCCCC. The van der Waals surface area contributed by atoms with E-state index in [1.165, 1.54) is 154 Å². The average Bonchev–Trinajstić information content (AvgIpc) is 3.39. The van der Waals surface area contributed by atoms with E-state index in [0.717, 1.165) is 89.9 Å². The number of carbonyl (C=O) groups is 3. The molecule has 12 heteroatoms. The first-order chi connectivity index (χ1) is 36.2. The highest BCUT2D eigenvalue weighted by Gasteiger charge is 2.28. The number of hydrogen-bond acceptors (Lipinski definition) is 10. The molecule has 0 heterocycles. The summed E-state index contributed by atoms with van der Waals surface area (Å²) in [5, 5.41) is 9.82. The van der Waals surface area contributed by atoms with Gasteiger partial charge in [0.1, 0.15) is 12.7 Å². The smallest absolute Gasteiger partial charge is 0.462 e. The highest BCUT2D eigenvalue weighted by atomic mass is 31.2.